The predicted octanol–water partition coefficient (Wildman–Crippen LogP) is 14.6. The Morgan fingerprint density at radius 3 is 2.00 bits per heavy atom. The van der Waals surface area contributed by atoms with Gasteiger partial charge in [0.25, 0.3) is 0 Å². The molecule has 0 spiro atoms. The molecule has 1 aliphatic rings. The number of nitrogens with zero attached hydrogens (tertiary/aromatic N) is 4. The van der Waals surface area contributed by atoms with Crippen molar-refractivity contribution in [3.63, 3.8) is 0 Å². The smallest absolute Gasteiger partial charge is 0.144 e. The van der Waals surface area contributed by atoms with Crippen molar-refractivity contribution in [2.45, 2.75) is 0 Å². The number of rotatable bonds is 7. The van der Waals surface area contributed by atoms with E-state index in [-0.39, 0.29) is 21.1 Å². The Morgan fingerprint density at radius 2 is 1.22 bits per heavy atom. The van der Waals surface area contributed by atoms with E-state index in [4.69, 9.17) is 18.6 Å². The molecule has 7 nitrogen and oxygen atoms in total. The number of anilines is 2. The van der Waals surface area contributed by atoms with Gasteiger partial charge in [-0.15, -0.1) is 42.0 Å². The fraction of sp³-hybridized carbons (Fsp3) is 0. The van der Waals surface area contributed by atoms with Gasteiger partial charge in [-0.05, 0) is 65.3 Å². The molecule has 12 aromatic rings. The predicted molar refractivity (Wildman–Crippen MR) is 253 cm³/mol. The maximum absolute atomic E-state index is 6.91. The molecule has 0 saturated heterocycles. The van der Waals surface area contributed by atoms with Gasteiger partial charge in [-0.1, -0.05) is 132 Å². The van der Waals surface area contributed by atoms with E-state index in [2.05, 4.69) is 155 Å². The number of benzene rings is 8. The summed E-state index contributed by atoms with van der Waals surface area (Å²) in [5.41, 5.74) is 11.0. The Bertz CT molecular complexity index is 3710. The molecule has 0 aliphatic carbocycles. The van der Waals surface area contributed by atoms with Crippen molar-refractivity contribution in [1.82, 2.24) is 9.55 Å². The molecule has 0 amide bonds. The Kier molecular flexibility index (Phi) is 8.99. The second-order valence-electron chi connectivity index (χ2n) is 15.6. The zero-order valence-electron chi connectivity index (χ0n) is 33.9. The normalized spacial score (nSPS) is 12.7. The number of pyridine rings is 1. The van der Waals surface area contributed by atoms with Crippen molar-refractivity contribution in [2.75, 3.05) is 9.80 Å². The molecule has 13 rings (SSSR count). The van der Waals surface area contributed by atoms with E-state index < -0.39 is 0 Å². The van der Waals surface area contributed by atoms with Crippen molar-refractivity contribution in [1.29, 1.82) is 0 Å². The zero-order valence-corrected chi connectivity index (χ0v) is 36.2. The third-order valence-electron chi connectivity index (χ3n) is 12.0. The van der Waals surface area contributed by atoms with Crippen LogP contribution in [0.3, 0.4) is 0 Å². The van der Waals surface area contributed by atoms with Crippen LogP contribution in [0.5, 0.6) is 11.5 Å². The van der Waals surface area contributed by atoms with Gasteiger partial charge in [0.15, 0.2) is 0 Å². The quantitative estimate of drug-likeness (QED) is 0.148. The summed E-state index contributed by atoms with van der Waals surface area (Å²) in [7, 11) is 0. The molecule has 8 aromatic carbocycles. The summed E-state index contributed by atoms with van der Waals surface area (Å²) in [6.45, 7) is 2.10. The number of ether oxygens (including phenoxy) is 1. The van der Waals surface area contributed by atoms with Gasteiger partial charge in [0, 0.05) is 71.5 Å². The first-order valence-corrected chi connectivity index (χ1v) is 20.8. The molecule has 308 valence electrons. The number of fused-ring (bicyclic) bond motifs is 10. The van der Waals surface area contributed by atoms with Crippen LogP contribution in [-0.4, -0.2) is 9.55 Å². The van der Waals surface area contributed by atoms with Crippen LogP contribution < -0.4 is 14.5 Å². The second-order valence-corrected chi connectivity index (χ2v) is 15.6. The molecule has 0 saturated carbocycles. The van der Waals surface area contributed by atoms with Gasteiger partial charge in [-0.25, -0.2) is 4.98 Å². The van der Waals surface area contributed by atoms with Gasteiger partial charge in [0.1, 0.15) is 22.6 Å². The fourth-order valence-corrected chi connectivity index (χ4v) is 9.17. The molecule has 8 heteroatoms. The molecule has 0 N–H and O–H groups in total. The third kappa shape index (κ3) is 6.04. The van der Waals surface area contributed by atoms with Crippen LogP contribution >= 0.6 is 0 Å². The molecule has 0 bridgehead atoms. The molecule has 0 unspecified atom stereocenters. The number of hydrogen-bond acceptors (Lipinski definition) is 6. The van der Waals surface area contributed by atoms with E-state index in [1.807, 2.05) is 72.9 Å². The van der Waals surface area contributed by atoms with Crippen LogP contribution in [-0.2, 0) is 21.1 Å². The van der Waals surface area contributed by atoms with E-state index in [1.54, 1.807) is 0 Å². The van der Waals surface area contributed by atoms with Crippen molar-refractivity contribution < 1.29 is 34.6 Å². The first-order valence-electron chi connectivity index (χ1n) is 20.8. The van der Waals surface area contributed by atoms with E-state index in [9.17, 15) is 0 Å². The minimum absolute atomic E-state index is 0. The van der Waals surface area contributed by atoms with Crippen molar-refractivity contribution in [3.8, 4) is 39.6 Å². The maximum Gasteiger partial charge on any atom is 0.144 e. The number of hydrogen-bond donors (Lipinski definition) is 0. The number of aromatic nitrogens is 2. The molecule has 0 fully saturated rings. The van der Waals surface area contributed by atoms with Crippen molar-refractivity contribution in [3.05, 3.63) is 213 Å². The molecular formula is C56H33N4O3Pt-3. The summed E-state index contributed by atoms with van der Waals surface area (Å²) in [5, 5.41) is 5.93. The van der Waals surface area contributed by atoms with E-state index in [0.717, 1.165) is 94.0 Å². The van der Waals surface area contributed by atoms with Gasteiger partial charge in [-0.3, -0.25) is 0 Å². The van der Waals surface area contributed by atoms with E-state index in [0.29, 0.717) is 22.7 Å². The maximum atomic E-state index is 6.91. The van der Waals surface area contributed by atoms with Crippen LogP contribution in [0.1, 0.15) is 0 Å². The molecule has 1 aliphatic heterocycles. The zero-order chi connectivity index (χ0) is 41.4. The summed E-state index contributed by atoms with van der Waals surface area (Å²) >= 11 is 0. The SMILES string of the molecule is [Pt].[c-]1c(N2C=CN(c3c(-c4ccccc4)cccc3-c3ccccc3)[CH-]2)cc2c(oc3ccc4c5ccccc5oc4c32)c1Oc1[c-]c2c(cc1)c1ccccc1n2-c1ccccn1. The molecule has 5 heterocycles. The molecule has 0 atom stereocenters. The molecule has 64 heavy (non-hydrogen) atoms. The minimum Gasteiger partial charge on any atom is -0.512 e. The van der Waals surface area contributed by atoms with Crippen LogP contribution in [0.4, 0.5) is 11.4 Å². The van der Waals surface area contributed by atoms with Crippen LogP contribution in [0.15, 0.2) is 203 Å². The first kappa shape index (κ1) is 37.9. The van der Waals surface area contributed by atoms with Gasteiger partial charge in [0.05, 0.1) is 11.3 Å². The number of furan rings is 2. The second kappa shape index (κ2) is 15.2. The topological polar surface area (TPSA) is 59.8 Å². The van der Waals surface area contributed by atoms with Crippen LogP contribution in [0.25, 0.3) is 93.8 Å². The van der Waals surface area contributed by atoms with Crippen molar-refractivity contribution >= 4 is 77.1 Å². The third-order valence-corrected chi connectivity index (χ3v) is 12.0. The molecule has 0 radical (unpaired) electrons. The summed E-state index contributed by atoms with van der Waals surface area (Å²) in [5.74, 6) is 1.73. The Hall–Kier alpha value is -7.86. The van der Waals surface area contributed by atoms with E-state index >= 15 is 0 Å². The molecule has 4 aromatic heterocycles. The first-order chi connectivity index (χ1) is 31.2. The van der Waals surface area contributed by atoms with Gasteiger partial charge in [-0.2, -0.15) is 6.07 Å². The average molecular weight is 1000 g/mol. The number of para-hydroxylation sites is 3. The summed E-state index contributed by atoms with van der Waals surface area (Å²) in [4.78, 5) is 8.98. The largest absolute Gasteiger partial charge is 0.512 e. The minimum atomic E-state index is 0. The Morgan fingerprint density at radius 1 is 0.531 bits per heavy atom. The Balaban J connectivity index is 0.00000433. The van der Waals surface area contributed by atoms with Crippen molar-refractivity contribution in [2.24, 2.45) is 0 Å². The average Bonchev–Trinajstić information content (AvgIpc) is 4.14. The van der Waals surface area contributed by atoms with Gasteiger partial charge < -0.3 is 27.9 Å². The fourth-order valence-electron chi connectivity index (χ4n) is 9.17. The summed E-state index contributed by atoms with van der Waals surface area (Å²) in [6.07, 6.45) is 5.96. The standard InChI is InChI=1S/C56H33N4O3.Pt/c1-3-14-36(15-4-1)40-20-13-21-41(37-16-5-2-6-17-37)54(40)59-31-30-58(35-59)38-32-46-53-50(28-27-45-44-19-8-10-23-49(44)62-56(45)53)63-55(46)51(33-38)61-39-25-26-43-42-18-7-9-22-47(42)60(48(43)34-39)52-24-11-12-29-57-52;/h1-32,35H;/q-3;. The van der Waals surface area contributed by atoms with Gasteiger partial charge >= 0.3 is 0 Å². The van der Waals surface area contributed by atoms with Crippen LogP contribution in [0.2, 0.25) is 0 Å². The van der Waals surface area contributed by atoms with Gasteiger partial charge in [0.2, 0.25) is 0 Å². The molecular weight excluding hydrogens is 972 g/mol. The van der Waals surface area contributed by atoms with E-state index in [1.165, 1.54) is 0 Å². The Labute approximate surface area is 381 Å². The monoisotopic (exact) mass is 1000 g/mol. The summed E-state index contributed by atoms with van der Waals surface area (Å²) in [6, 6.07) is 67.4. The summed E-state index contributed by atoms with van der Waals surface area (Å²) < 4.78 is 22.4. The van der Waals surface area contributed by atoms with Crippen LogP contribution in [0, 0.1) is 18.8 Å².